The normalized spacial score (nSPS) is 22.0. The molecule has 6 aliphatic rings. The summed E-state index contributed by atoms with van der Waals surface area (Å²) in [6, 6.07) is 21.0. The number of carbonyl (C=O) groups excluding carboxylic acids is 5. The standard InChI is InChI=1S/C68H76ClF4N9O9/c1-39-54-52(33-50(71)58(69)57(54)56-47(62(74)85)18-19-51(59(56)72)89-31-30-83)91-68(39,44-8-6-5-7-9-44)38-82(66(88)90-37-41-12-10-40(11-13-41)36-77(2)3)45-16-14-43(15-17-45)64(86)80-28-23-67(24-29-80)34-46(35-67)79-25-20-42(21-26-79)55-49(70)32-48-61(60(55)73)78(4)76-63(48)81-27-22-53(84)75-65(81)87/h5-13,18-19,32-33,39,42-43,45-46,83H,14-17,20-31,34-38H2,1-4H3,(H2,74,85)(H,75,84,87)/t39-,43?,45?,68-/m0/s1. The molecule has 4 aliphatic heterocycles. The maximum absolute atomic E-state index is 16.9. The van der Waals surface area contributed by atoms with Gasteiger partial charge in [0.25, 0.3) is 0 Å². The van der Waals surface area contributed by atoms with Crippen LogP contribution in [0.5, 0.6) is 11.5 Å². The first-order chi connectivity index (χ1) is 43.7. The number of benzene rings is 5. The molecule has 4 N–H and O–H groups in total. The van der Waals surface area contributed by atoms with Gasteiger partial charge in [0, 0.05) is 91.9 Å². The summed E-state index contributed by atoms with van der Waals surface area (Å²) in [5, 5.41) is 15.8. The molecule has 482 valence electrons. The number of fused-ring (bicyclic) bond motifs is 2. The summed E-state index contributed by atoms with van der Waals surface area (Å²) in [6.07, 6.45) is 6.18. The van der Waals surface area contributed by atoms with Crippen molar-refractivity contribution in [3.63, 3.8) is 0 Å². The van der Waals surface area contributed by atoms with Gasteiger partial charge in [0.05, 0.1) is 29.1 Å². The number of amides is 6. The summed E-state index contributed by atoms with van der Waals surface area (Å²) in [7, 11) is 5.52. The van der Waals surface area contributed by atoms with Gasteiger partial charge in [0.15, 0.2) is 28.8 Å². The zero-order valence-electron chi connectivity index (χ0n) is 51.6. The number of urea groups is 1. The van der Waals surface area contributed by atoms with Crippen molar-refractivity contribution in [3.8, 4) is 22.6 Å². The lowest BCUT2D eigenvalue weighted by Crippen LogP contribution is -2.57. The van der Waals surface area contributed by atoms with Crippen LogP contribution in [0.15, 0.2) is 78.9 Å². The number of rotatable bonds is 17. The molecule has 0 radical (unpaired) electrons. The molecule has 1 spiro atoms. The number of anilines is 1. The summed E-state index contributed by atoms with van der Waals surface area (Å²) >= 11 is 6.87. The van der Waals surface area contributed by atoms with Crippen molar-refractivity contribution in [1.82, 2.24) is 34.7 Å². The Hall–Kier alpha value is -7.79. The molecule has 2 aliphatic carbocycles. The van der Waals surface area contributed by atoms with E-state index in [4.69, 9.17) is 31.5 Å². The van der Waals surface area contributed by atoms with Crippen LogP contribution in [0.25, 0.3) is 22.0 Å². The topological polar surface area (TPSA) is 205 Å². The van der Waals surface area contributed by atoms with Gasteiger partial charge in [-0.3, -0.25) is 29.3 Å². The SMILES string of the molecule is C[C@H]1c2c(cc(F)c(Cl)c2-c2c(C(N)=O)ccc(OCCO)c2F)O[C@]1(CN(C(=O)OCc1ccc(CN(C)C)cc1)C1CCC(C(=O)N2CCC3(CC2)CC(N2CCC(c4c(F)cc5c(N6CCC(=O)NC6=O)nn(C)c5c4F)CC2)C3)CC1)c1ccccc1. The number of imide groups is 1. The summed E-state index contributed by atoms with van der Waals surface area (Å²) in [4.78, 5) is 76.5. The molecule has 18 nitrogen and oxygen atoms in total. The Bertz CT molecular complexity index is 3790. The minimum atomic E-state index is -1.49. The number of nitrogens with one attached hydrogen (secondary N) is 1. The van der Waals surface area contributed by atoms with Crippen molar-refractivity contribution in [2.45, 2.75) is 120 Å². The number of nitrogens with two attached hydrogens (primary N) is 1. The number of aliphatic hydroxyl groups excluding tert-OH is 1. The van der Waals surface area contributed by atoms with E-state index < -0.39 is 82.0 Å². The van der Waals surface area contributed by atoms with Crippen molar-refractivity contribution in [1.29, 1.82) is 0 Å². The largest absolute Gasteiger partial charge is 0.488 e. The van der Waals surface area contributed by atoms with Crippen LogP contribution in [0.4, 0.5) is 33.0 Å². The van der Waals surface area contributed by atoms with Crippen molar-refractivity contribution in [2.75, 3.05) is 71.5 Å². The first-order valence-electron chi connectivity index (χ1n) is 31.5. The number of aliphatic hydroxyl groups is 1. The smallest absolute Gasteiger partial charge is 0.410 e. The number of likely N-dealkylation sites (tertiary alicyclic amines) is 2. The molecule has 6 aromatic rings. The fourth-order valence-electron chi connectivity index (χ4n) is 15.3. The van der Waals surface area contributed by atoms with Crippen LogP contribution in [-0.4, -0.2) is 143 Å². The molecular weight excluding hydrogens is 1200 g/mol. The Morgan fingerprint density at radius 1 is 0.846 bits per heavy atom. The molecular formula is C68H76ClF4N9O9. The average molecular weight is 1270 g/mol. The van der Waals surface area contributed by atoms with E-state index >= 15 is 22.4 Å². The second-order valence-electron chi connectivity index (χ2n) is 25.9. The highest BCUT2D eigenvalue weighted by Crippen LogP contribution is 2.58. The molecule has 23 heteroatoms. The molecule has 3 saturated heterocycles. The van der Waals surface area contributed by atoms with Crippen molar-refractivity contribution in [2.24, 2.45) is 24.1 Å². The van der Waals surface area contributed by atoms with E-state index in [-0.39, 0.29) is 106 Å². The van der Waals surface area contributed by atoms with Gasteiger partial charge in [-0.15, -0.1) is 0 Å². The molecule has 5 aromatic carbocycles. The van der Waals surface area contributed by atoms with Gasteiger partial charge in [0.1, 0.15) is 36.1 Å². The first-order valence-corrected chi connectivity index (χ1v) is 31.8. The van der Waals surface area contributed by atoms with Crippen molar-refractivity contribution in [3.05, 3.63) is 141 Å². The van der Waals surface area contributed by atoms with E-state index in [0.29, 0.717) is 76.3 Å². The van der Waals surface area contributed by atoms with E-state index in [1.807, 2.05) is 80.5 Å². The van der Waals surface area contributed by atoms with Gasteiger partial charge in [-0.2, -0.15) is 5.10 Å². The van der Waals surface area contributed by atoms with E-state index in [2.05, 4.69) is 20.2 Å². The lowest BCUT2D eigenvalue weighted by atomic mass is 9.59. The number of hydrogen-bond acceptors (Lipinski definition) is 12. The van der Waals surface area contributed by atoms with E-state index in [1.54, 1.807) is 11.9 Å². The lowest BCUT2D eigenvalue weighted by Gasteiger charge is -2.56. The molecule has 2 saturated carbocycles. The maximum Gasteiger partial charge on any atom is 0.410 e. The molecule has 0 bridgehead atoms. The van der Waals surface area contributed by atoms with Crippen LogP contribution in [0.3, 0.4) is 0 Å². The summed E-state index contributed by atoms with van der Waals surface area (Å²) in [6.45, 7) is 4.33. The monoisotopic (exact) mass is 1270 g/mol. The third-order valence-corrected chi connectivity index (χ3v) is 20.5. The minimum absolute atomic E-state index is 0.00266. The number of nitrogens with zero attached hydrogens (tertiary/aromatic N) is 7. The van der Waals surface area contributed by atoms with Gasteiger partial charge in [-0.1, -0.05) is 73.1 Å². The summed E-state index contributed by atoms with van der Waals surface area (Å²) in [5.41, 5.74) is 6.45. The molecule has 91 heavy (non-hydrogen) atoms. The molecule has 2 atom stereocenters. The third kappa shape index (κ3) is 12.1. The number of hydrogen-bond donors (Lipinski definition) is 3. The first kappa shape index (κ1) is 63.4. The molecule has 5 fully saturated rings. The third-order valence-electron chi connectivity index (χ3n) is 20.2. The highest BCUT2D eigenvalue weighted by molar-refractivity contribution is 6.34. The van der Waals surface area contributed by atoms with Crippen LogP contribution < -0.4 is 25.4 Å². The molecule has 5 heterocycles. The number of aryl methyl sites for hydroxylation is 1. The number of ether oxygens (including phenoxy) is 3. The van der Waals surface area contributed by atoms with Gasteiger partial charge in [-0.25, -0.2) is 27.2 Å². The van der Waals surface area contributed by atoms with Crippen LogP contribution in [-0.2, 0) is 40.1 Å². The maximum atomic E-state index is 16.9. The Morgan fingerprint density at radius 2 is 1.54 bits per heavy atom. The Kier molecular flexibility index (Phi) is 17.9. The highest BCUT2D eigenvalue weighted by atomic mass is 35.5. The van der Waals surface area contributed by atoms with Crippen LogP contribution >= 0.6 is 11.6 Å². The van der Waals surface area contributed by atoms with Crippen LogP contribution in [0.2, 0.25) is 5.02 Å². The van der Waals surface area contributed by atoms with Crippen molar-refractivity contribution >= 4 is 58.2 Å². The number of piperidine rings is 2. The second-order valence-corrected chi connectivity index (χ2v) is 26.3. The summed E-state index contributed by atoms with van der Waals surface area (Å²) in [5.74, 6) is -6.39. The molecule has 6 amide bonds. The zero-order chi connectivity index (χ0) is 64.2. The molecule has 0 unspecified atom stereocenters. The summed E-state index contributed by atoms with van der Waals surface area (Å²) < 4.78 is 85.8. The highest BCUT2D eigenvalue weighted by Gasteiger charge is 2.54. The van der Waals surface area contributed by atoms with Gasteiger partial charge in [-0.05, 0) is 138 Å². The fourth-order valence-corrected chi connectivity index (χ4v) is 15.6. The van der Waals surface area contributed by atoms with Gasteiger partial charge < -0.3 is 44.7 Å². The van der Waals surface area contributed by atoms with Gasteiger partial charge >= 0.3 is 12.1 Å². The Morgan fingerprint density at radius 3 is 2.20 bits per heavy atom. The number of halogens is 5. The number of aromatic nitrogens is 2. The van der Waals surface area contributed by atoms with E-state index in [1.165, 1.54) is 27.8 Å². The zero-order valence-corrected chi connectivity index (χ0v) is 52.3. The van der Waals surface area contributed by atoms with Crippen molar-refractivity contribution < 1.29 is 60.9 Å². The van der Waals surface area contributed by atoms with Crippen LogP contribution in [0.1, 0.15) is 128 Å². The molecule has 1 aromatic heterocycles. The van der Waals surface area contributed by atoms with E-state index in [9.17, 15) is 24.3 Å². The number of primary amides is 1. The van der Waals surface area contributed by atoms with Crippen LogP contribution in [0, 0.1) is 34.6 Å². The Labute approximate surface area is 530 Å². The number of carbonyl (C=O) groups is 5. The lowest BCUT2D eigenvalue weighted by molar-refractivity contribution is -0.142. The predicted octanol–water partition coefficient (Wildman–Crippen LogP) is 10.7. The quantitative estimate of drug-likeness (QED) is 0.0730. The molecule has 12 rings (SSSR count). The minimum Gasteiger partial charge on any atom is -0.488 e. The van der Waals surface area contributed by atoms with E-state index in [0.717, 1.165) is 49.4 Å². The Balaban J connectivity index is 0.724. The second kappa shape index (κ2) is 25.7. The predicted molar refractivity (Wildman–Crippen MR) is 332 cm³/mol. The van der Waals surface area contributed by atoms with Gasteiger partial charge in [0.2, 0.25) is 17.7 Å². The average Bonchev–Trinajstić information content (AvgIpc) is 1.61. The fraction of sp³-hybridized carbons (Fsp3) is 0.471.